The molecule has 0 N–H and O–H groups in total. The van der Waals surface area contributed by atoms with E-state index in [0.29, 0.717) is 0 Å². The molecule has 0 spiro atoms. The van der Waals surface area contributed by atoms with Crippen LogP contribution < -0.4 is 4.74 Å². The topological polar surface area (TPSA) is 86.5 Å². The third kappa shape index (κ3) is 4.13. The zero-order valence-corrected chi connectivity index (χ0v) is 11.3. The number of rotatable bonds is 3. The van der Waals surface area contributed by atoms with Gasteiger partial charge in [-0.15, -0.1) is 13.2 Å². The van der Waals surface area contributed by atoms with Gasteiger partial charge in [0.05, 0.1) is 4.92 Å². The first-order valence-corrected chi connectivity index (χ1v) is 7.04. The van der Waals surface area contributed by atoms with Gasteiger partial charge in [0.2, 0.25) is 5.75 Å². The molecule has 0 unspecified atom stereocenters. The molecular weight excluding hydrogens is 372 g/mol. The van der Waals surface area contributed by atoms with Gasteiger partial charge in [0.25, 0.3) is 9.05 Å². The van der Waals surface area contributed by atoms with Crippen molar-refractivity contribution in [3.8, 4) is 5.75 Å². The number of benzene rings is 1. The smallest absolute Gasteiger partial charge is 0.397 e. The third-order valence-corrected chi connectivity index (χ3v) is 3.41. The average Bonchev–Trinajstić information content (AvgIpc) is 2.22. The van der Waals surface area contributed by atoms with Gasteiger partial charge in [-0.25, -0.2) is 8.42 Å². The van der Waals surface area contributed by atoms with Crippen LogP contribution in [0.25, 0.3) is 0 Å². The predicted octanol–water partition coefficient (Wildman–Crippen LogP) is 3.44. The maximum absolute atomic E-state index is 12.6. The number of ether oxygens (including phenoxy) is 1. The molecule has 0 radical (unpaired) electrons. The fraction of sp³-hybridized carbons (Fsp3) is 0.250. The summed E-state index contributed by atoms with van der Waals surface area (Å²) in [4.78, 5) is 7.20. The molecule has 124 valence electrons. The lowest BCUT2D eigenvalue weighted by Crippen LogP contribution is -2.21. The molecule has 1 rings (SSSR count). The van der Waals surface area contributed by atoms with Crippen molar-refractivity contribution in [1.82, 2.24) is 0 Å². The van der Waals surface area contributed by atoms with Crippen LogP contribution >= 0.6 is 10.7 Å². The number of hydrogen-bond acceptors (Lipinski definition) is 5. The summed E-state index contributed by atoms with van der Waals surface area (Å²) in [6.45, 7) is 0. The highest BCUT2D eigenvalue weighted by molar-refractivity contribution is 8.13. The van der Waals surface area contributed by atoms with Crippen LogP contribution in [0.2, 0.25) is 0 Å². The molecule has 0 fully saturated rings. The lowest BCUT2D eigenvalue weighted by molar-refractivity contribution is -0.392. The molecular formula is C8H2ClF6NO5S. The summed E-state index contributed by atoms with van der Waals surface area (Å²) in [6, 6.07) is -0.0597. The lowest BCUT2D eigenvalue weighted by Gasteiger charge is -2.15. The van der Waals surface area contributed by atoms with E-state index in [9.17, 15) is 44.9 Å². The van der Waals surface area contributed by atoms with Crippen molar-refractivity contribution in [3.05, 3.63) is 27.8 Å². The first-order chi connectivity index (χ1) is 9.64. The number of nitro groups is 1. The zero-order valence-electron chi connectivity index (χ0n) is 9.70. The molecule has 0 aliphatic rings. The van der Waals surface area contributed by atoms with E-state index in [-0.39, 0.29) is 12.1 Å². The first-order valence-electron chi connectivity index (χ1n) is 4.73. The Hall–Kier alpha value is -1.76. The monoisotopic (exact) mass is 373 g/mol. The molecule has 1 aromatic rings. The van der Waals surface area contributed by atoms with Gasteiger partial charge in [-0.2, -0.15) is 13.2 Å². The van der Waals surface area contributed by atoms with Crippen molar-refractivity contribution in [3.63, 3.8) is 0 Å². The van der Waals surface area contributed by atoms with Crippen molar-refractivity contribution in [2.24, 2.45) is 0 Å². The minimum Gasteiger partial charge on any atom is -0.397 e. The second-order valence-corrected chi connectivity index (χ2v) is 6.06. The Labute approximate surface area is 121 Å². The van der Waals surface area contributed by atoms with Gasteiger partial charge in [-0.1, -0.05) is 0 Å². The van der Waals surface area contributed by atoms with Gasteiger partial charge in [0.1, 0.15) is 10.5 Å². The van der Waals surface area contributed by atoms with Crippen molar-refractivity contribution < 1.29 is 44.4 Å². The molecule has 22 heavy (non-hydrogen) atoms. The summed E-state index contributed by atoms with van der Waals surface area (Å²) in [5.74, 6) is -2.16. The van der Waals surface area contributed by atoms with E-state index in [2.05, 4.69) is 4.74 Å². The zero-order chi connectivity index (χ0) is 17.5. The molecule has 0 aromatic heterocycles. The second-order valence-electron chi connectivity index (χ2n) is 3.53. The second kappa shape index (κ2) is 5.46. The van der Waals surface area contributed by atoms with Crippen LogP contribution in [0, 0.1) is 10.1 Å². The van der Waals surface area contributed by atoms with Crippen molar-refractivity contribution >= 4 is 25.4 Å². The minimum atomic E-state index is -5.69. The Balaban J connectivity index is 3.88. The van der Waals surface area contributed by atoms with Crippen LogP contribution in [0.1, 0.15) is 5.56 Å². The van der Waals surface area contributed by atoms with Gasteiger partial charge < -0.3 is 4.74 Å². The van der Waals surface area contributed by atoms with Crippen LogP contribution in [0.15, 0.2) is 17.0 Å². The SMILES string of the molecule is O=[N+]([O-])c1c(C(F)(F)F)ccc(S(=O)(=O)Cl)c1OC(F)(F)F. The Morgan fingerprint density at radius 1 is 1.14 bits per heavy atom. The van der Waals surface area contributed by atoms with E-state index in [0.717, 1.165) is 0 Å². The fourth-order valence-electron chi connectivity index (χ4n) is 1.37. The normalized spacial score (nSPS) is 13.0. The molecule has 14 heteroatoms. The number of nitro benzene ring substituents is 1. The number of halogens is 7. The summed E-state index contributed by atoms with van der Waals surface area (Å²) in [5, 5.41) is 10.7. The van der Waals surface area contributed by atoms with Gasteiger partial charge >= 0.3 is 18.2 Å². The van der Waals surface area contributed by atoms with Crippen LogP contribution in [0.3, 0.4) is 0 Å². The highest BCUT2D eigenvalue weighted by Crippen LogP contribution is 2.46. The molecule has 0 aliphatic heterocycles. The molecule has 0 heterocycles. The lowest BCUT2D eigenvalue weighted by atomic mass is 10.1. The summed E-state index contributed by atoms with van der Waals surface area (Å²) in [7, 11) is -0.292. The van der Waals surface area contributed by atoms with Gasteiger partial charge in [-0.3, -0.25) is 10.1 Å². The molecule has 0 amide bonds. The van der Waals surface area contributed by atoms with Gasteiger partial charge in [0.15, 0.2) is 0 Å². The van der Waals surface area contributed by atoms with Gasteiger partial charge in [-0.05, 0) is 12.1 Å². The Bertz CT molecular complexity index is 713. The highest BCUT2D eigenvalue weighted by atomic mass is 35.7. The van der Waals surface area contributed by atoms with E-state index in [1.807, 2.05) is 0 Å². The summed E-state index contributed by atoms with van der Waals surface area (Å²) in [6.07, 6.45) is -11.1. The third-order valence-electron chi connectivity index (χ3n) is 2.06. The van der Waals surface area contributed by atoms with Crippen LogP contribution in [0.5, 0.6) is 5.75 Å². The van der Waals surface area contributed by atoms with Crippen LogP contribution in [-0.2, 0) is 15.2 Å². The average molecular weight is 374 g/mol. The molecule has 1 aromatic carbocycles. The van der Waals surface area contributed by atoms with Crippen LogP contribution in [-0.4, -0.2) is 19.7 Å². The maximum atomic E-state index is 12.6. The largest absolute Gasteiger partial charge is 0.573 e. The summed E-state index contributed by atoms with van der Waals surface area (Å²) >= 11 is 0. The molecule has 0 saturated carbocycles. The summed E-state index contributed by atoms with van der Waals surface area (Å²) in [5.41, 5.74) is -4.34. The van der Waals surface area contributed by atoms with Crippen molar-refractivity contribution in [2.75, 3.05) is 0 Å². The van der Waals surface area contributed by atoms with E-state index in [1.54, 1.807) is 0 Å². The Kier molecular flexibility index (Phi) is 4.54. The summed E-state index contributed by atoms with van der Waals surface area (Å²) < 4.78 is 99.8. The van der Waals surface area contributed by atoms with E-state index in [1.165, 1.54) is 0 Å². The number of hydrogen-bond donors (Lipinski definition) is 0. The molecule has 0 aliphatic carbocycles. The van der Waals surface area contributed by atoms with Crippen molar-refractivity contribution in [1.29, 1.82) is 0 Å². The van der Waals surface area contributed by atoms with Crippen LogP contribution in [0.4, 0.5) is 32.0 Å². The molecule has 6 nitrogen and oxygen atoms in total. The van der Waals surface area contributed by atoms with Crippen molar-refractivity contribution in [2.45, 2.75) is 17.4 Å². The number of nitrogens with zero attached hydrogens (tertiary/aromatic N) is 1. The fourth-order valence-corrected chi connectivity index (χ4v) is 2.32. The molecule has 0 saturated heterocycles. The molecule has 0 atom stereocenters. The Morgan fingerprint density at radius 2 is 1.64 bits per heavy atom. The van der Waals surface area contributed by atoms with E-state index < -0.39 is 48.4 Å². The highest BCUT2D eigenvalue weighted by Gasteiger charge is 2.45. The quantitative estimate of drug-likeness (QED) is 0.350. The van der Waals surface area contributed by atoms with Gasteiger partial charge in [0, 0.05) is 10.7 Å². The number of alkyl halides is 6. The first kappa shape index (κ1) is 18.3. The minimum absolute atomic E-state index is 0.0270. The predicted molar refractivity (Wildman–Crippen MR) is 57.8 cm³/mol. The van der Waals surface area contributed by atoms with E-state index in [4.69, 9.17) is 10.7 Å². The van der Waals surface area contributed by atoms with E-state index >= 15 is 0 Å². The standard InChI is InChI=1S/C8H2ClF6NO5S/c9-22(19,20)4-2-1-3(7(10,11)12)5(16(17)18)6(4)21-8(13,14)15/h1-2H. The Morgan fingerprint density at radius 3 is 1.95 bits per heavy atom. The maximum Gasteiger partial charge on any atom is 0.573 e. The molecule has 0 bridgehead atoms.